The first kappa shape index (κ1) is 26.5. The zero-order valence-corrected chi connectivity index (χ0v) is 22.9. The van der Waals surface area contributed by atoms with E-state index in [1.807, 2.05) is 50.2 Å². The smallest absolute Gasteiger partial charge is 0.338 e. The van der Waals surface area contributed by atoms with Gasteiger partial charge in [-0.3, -0.25) is 9.36 Å². The number of allylic oxidation sites excluding steroid dienone is 1. The molecule has 0 saturated carbocycles. The number of esters is 1. The Hall–Kier alpha value is -3.59. The van der Waals surface area contributed by atoms with Crippen LogP contribution in [0.2, 0.25) is 0 Å². The highest BCUT2D eigenvalue weighted by Crippen LogP contribution is 2.31. The van der Waals surface area contributed by atoms with Gasteiger partial charge in [0.15, 0.2) is 10.7 Å². The van der Waals surface area contributed by atoms with Crippen LogP contribution in [0.5, 0.6) is 5.75 Å². The molecule has 2 aromatic heterocycles. The van der Waals surface area contributed by atoms with Crippen LogP contribution in [0, 0.1) is 0 Å². The third-order valence-electron chi connectivity index (χ3n) is 6.05. The minimum atomic E-state index is -0.673. The van der Waals surface area contributed by atoms with Crippen molar-refractivity contribution in [3.05, 3.63) is 78.7 Å². The van der Waals surface area contributed by atoms with Crippen LogP contribution in [-0.2, 0) is 9.53 Å². The maximum atomic E-state index is 13.7. The lowest BCUT2D eigenvalue weighted by atomic mass is 9.96. The Morgan fingerprint density at radius 1 is 1.16 bits per heavy atom. The normalized spacial score (nSPS) is 15.5. The first-order valence-electron chi connectivity index (χ1n) is 12.6. The number of fused-ring (bicyclic) bond motifs is 1. The fraction of sp³-hybridized carbons (Fsp3) is 0.393. The lowest BCUT2D eigenvalue weighted by Crippen LogP contribution is -2.39. The maximum absolute atomic E-state index is 13.7. The van der Waals surface area contributed by atoms with Crippen molar-refractivity contribution in [2.75, 3.05) is 24.6 Å². The van der Waals surface area contributed by atoms with Crippen LogP contribution in [0.3, 0.4) is 0 Å². The highest BCUT2D eigenvalue weighted by atomic mass is 32.1. The van der Waals surface area contributed by atoms with Crippen LogP contribution in [0.1, 0.15) is 58.9 Å². The predicted octanol–water partition coefficient (Wildman–Crippen LogP) is 4.02. The van der Waals surface area contributed by atoms with Crippen LogP contribution in [0.15, 0.2) is 61.9 Å². The molecule has 0 radical (unpaired) electrons. The third-order valence-corrected chi connectivity index (χ3v) is 7.03. The minimum Gasteiger partial charge on any atom is -0.491 e. The molecule has 1 aliphatic heterocycles. The number of nitrogens with zero attached hydrogens (tertiary/aromatic N) is 3. The number of hydrogen-bond acceptors (Lipinski definition) is 8. The van der Waals surface area contributed by atoms with Gasteiger partial charge < -0.3 is 18.8 Å². The van der Waals surface area contributed by atoms with Crippen LogP contribution >= 0.6 is 11.3 Å². The fourth-order valence-corrected chi connectivity index (χ4v) is 5.39. The van der Waals surface area contributed by atoms with Gasteiger partial charge in [-0.05, 0) is 65.3 Å². The van der Waals surface area contributed by atoms with Crippen molar-refractivity contribution in [3.8, 4) is 5.75 Å². The van der Waals surface area contributed by atoms with E-state index in [9.17, 15) is 9.59 Å². The molecule has 1 aromatic carbocycles. The number of hydrogen-bond donors (Lipinski definition) is 0. The van der Waals surface area contributed by atoms with Gasteiger partial charge in [-0.2, -0.15) is 0 Å². The average molecular weight is 524 g/mol. The molecular formula is C28H33N3O5S. The van der Waals surface area contributed by atoms with E-state index in [4.69, 9.17) is 13.9 Å². The summed E-state index contributed by atoms with van der Waals surface area (Å²) in [6.45, 7) is 13.4. The zero-order valence-electron chi connectivity index (χ0n) is 22.1. The zero-order chi connectivity index (χ0) is 26.7. The van der Waals surface area contributed by atoms with Crippen molar-refractivity contribution in [2.45, 2.75) is 53.7 Å². The van der Waals surface area contributed by atoms with Gasteiger partial charge in [-0.15, -0.1) is 0 Å². The van der Waals surface area contributed by atoms with Gasteiger partial charge in [-0.25, -0.2) is 9.79 Å². The van der Waals surface area contributed by atoms with Crippen LogP contribution in [-0.4, -0.2) is 36.3 Å². The highest BCUT2D eigenvalue weighted by molar-refractivity contribution is 7.07. The summed E-state index contributed by atoms with van der Waals surface area (Å²) >= 11 is 1.27. The maximum Gasteiger partial charge on any atom is 0.338 e. The number of thiazole rings is 1. The average Bonchev–Trinajstić information content (AvgIpc) is 3.44. The summed E-state index contributed by atoms with van der Waals surface area (Å²) in [4.78, 5) is 34.0. The van der Waals surface area contributed by atoms with Crippen LogP contribution in [0.25, 0.3) is 6.08 Å². The quantitative estimate of drug-likeness (QED) is 0.394. The summed E-state index contributed by atoms with van der Waals surface area (Å²) in [5.74, 6) is 1.57. The second kappa shape index (κ2) is 11.2. The van der Waals surface area contributed by atoms with Crippen molar-refractivity contribution in [2.24, 2.45) is 4.99 Å². The number of aromatic nitrogens is 1. The van der Waals surface area contributed by atoms with Crippen LogP contribution in [0.4, 0.5) is 5.88 Å². The molecule has 0 aliphatic carbocycles. The number of benzene rings is 1. The molecule has 0 spiro atoms. The Morgan fingerprint density at radius 2 is 1.86 bits per heavy atom. The lowest BCUT2D eigenvalue weighted by Gasteiger charge is -2.25. The highest BCUT2D eigenvalue weighted by Gasteiger charge is 2.33. The summed E-state index contributed by atoms with van der Waals surface area (Å²) in [5.41, 5.74) is 1.40. The molecule has 196 valence electrons. The fourth-order valence-electron chi connectivity index (χ4n) is 4.36. The Labute approximate surface area is 220 Å². The van der Waals surface area contributed by atoms with Crippen molar-refractivity contribution in [3.63, 3.8) is 0 Å². The Bertz CT molecular complexity index is 1470. The topological polar surface area (TPSA) is 86.3 Å². The third kappa shape index (κ3) is 5.41. The van der Waals surface area contributed by atoms with Gasteiger partial charge >= 0.3 is 5.97 Å². The summed E-state index contributed by atoms with van der Waals surface area (Å²) in [5, 5.41) is 0. The Morgan fingerprint density at radius 3 is 2.49 bits per heavy atom. The lowest BCUT2D eigenvalue weighted by molar-refractivity contribution is -0.139. The molecule has 8 nitrogen and oxygen atoms in total. The van der Waals surface area contributed by atoms with Gasteiger partial charge in [0.2, 0.25) is 0 Å². The van der Waals surface area contributed by atoms with Crippen LogP contribution < -0.4 is 24.5 Å². The van der Waals surface area contributed by atoms with Gasteiger partial charge in [0.1, 0.15) is 11.5 Å². The molecule has 0 saturated heterocycles. The van der Waals surface area contributed by atoms with Gasteiger partial charge in [0, 0.05) is 25.2 Å². The van der Waals surface area contributed by atoms with Crippen molar-refractivity contribution >= 4 is 29.3 Å². The molecule has 0 bridgehead atoms. The minimum absolute atomic E-state index is 0.0320. The molecule has 0 N–H and O–H groups in total. The molecule has 0 unspecified atom stereocenters. The van der Waals surface area contributed by atoms with E-state index < -0.39 is 12.0 Å². The predicted molar refractivity (Wildman–Crippen MR) is 145 cm³/mol. The Kier molecular flexibility index (Phi) is 8.02. The second-order valence-electron chi connectivity index (χ2n) is 8.89. The first-order chi connectivity index (χ1) is 17.8. The van der Waals surface area contributed by atoms with Crippen molar-refractivity contribution < 1.29 is 18.7 Å². The number of anilines is 1. The number of carbonyl (C=O) groups excluding carboxylic acids is 1. The van der Waals surface area contributed by atoms with Gasteiger partial charge in [0.25, 0.3) is 5.56 Å². The van der Waals surface area contributed by atoms with E-state index in [1.54, 1.807) is 24.5 Å². The van der Waals surface area contributed by atoms with E-state index in [2.05, 4.69) is 23.7 Å². The molecule has 1 atom stereocenters. The van der Waals surface area contributed by atoms with E-state index >= 15 is 0 Å². The van der Waals surface area contributed by atoms with E-state index in [-0.39, 0.29) is 18.3 Å². The van der Waals surface area contributed by atoms with Gasteiger partial charge in [0.05, 0.1) is 34.6 Å². The standard InChI is InChI=1S/C28H33N3O5S/c1-7-30(8-2)23-15-14-21(36-23)16-22-26(32)31-25(19-10-12-20(13-11-19)35-17(4)5)24(27(33)34-9-3)18(6)29-28(31)37-22/h10-17,25H,7-9H2,1-6H3/b22-16-/t25-/m1/s1. The van der Waals surface area contributed by atoms with E-state index in [0.29, 0.717) is 32.1 Å². The number of furan rings is 1. The molecule has 3 heterocycles. The second-order valence-corrected chi connectivity index (χ2v) is 9.90. The molecule has 1 aliphatic rings. The van der Waals surface area contributed by atoms with E-state index in [0.717, 1.165) is 24.5 Å². The summed E-state index contributed by atoms with van der Waals surface area (Å²) < 4.78 is 19.2. The monoisotopic (exact) mass is 523 g/mol. The largest absolute Gasteiger partial charge is 0.491 e. The number of ether oxygens (including phenoxy) is 2. The number of rotatable bonds is 9. The van der Waals surface area contributed by atoms with Crippen molar-refractivity contribution in [1.29, 1.82) is 0 Å². The molecule has 0 fully saturated rings. The summed E-state index contributed by atoms with van der Waals surface area (Å²) in [7, 11) is 0. The molecular weight excluding hydrogens is 490 g/mol. The Balaban J connectivity index is 1.84. The summed E-state index contributed by atoms with van der Waals surface area (Å²) in [6.07, 6.45) is 1.77. The van der Waals surface area contributed by atoms with E-state index in [1.165, 1.54) is 11.3 Å². The molecule has 3 aromatic rings. The van der Waals surface area contributed by atoms with Gasteiger partial charge in [-0.1, -0.05) is 23.5 Å². The number of carbonyl (C=O) groups is 1. The van der Waals surface area contributed by atoms with Crippen molar-refractivity contribution in [1.82, 2.24) is 4.57 Å². The molecule has 4 rings (SSSR count). The molecule has 0 amide bonds. The molecule has 9 heteroatoms. The summed E-state index contributed by atoms with van der Waals surface area (Å²) in [6, 6.07) is 10.5. The SMILES string of the molecule is CCOC(=O)C1=C(C)N=c2s/c(=C\c3ccc(N(CC)CC)o3)c(=O)n2[C@@H]1c1ccc(OC(C)C)cc1. The first-order valence-corrected chi connectivity index (χ1v) is 13.4. The molecule has 37 heavy (non-hydrogen) atoms.